The van der Waals surface area contributed by atoms with Crippen LogP contribution in [-0.4, -0.2) is 23.8 Å². The molecule has 16 heavy (non-hydrogen) atoms. The van der Waals surface area contributed by atoms with Gasteiger partial charge >= 0.3 is 0 Å². The van der Waals surface area contributed by atoms with Crippen molar-refractivity contribution in [2.24, 2.45) is 0 Å². The molecule has 0 aromatic rings. The first-order chi connectivity index (χ1) is 6.59. The van der Waals surface area contributed by atoms with Gasteiger partial charge in [-0.2, -0.15) is 0 Å². The quantitative estimate of drug-likeness (QED) is 0.721. The number of ketones is 2. The van der Waals surface area contributed by atoms with E-state index in [2.05, 4.69) is 0 Å². The van der Waals surface area contributed by atoms with Gasteiger partial charge in [-0.25, -0.2) is 0 Å². The van der Waals surface area contributed by atoms with Crippen LogP contribution in [0.3, 0.4) is 0 Å². The maximum Gasteiger partial charge on any atom is 0.126 e. The van der Waals surface area contributed by atoms with E-state index in [-0.39, 0.29) is 33.3 Å². The fourth-order valence-corrected chi connectivity index (χ4v) is 0.544. The van der Waals surface area contributed by atoms with Crippen LogP contribution < -0.4 is 0 Å². The minimum absolute atomic E-state index is 0. The fourth-order valence-electron chi connectivity index (χ4n) is 0.544. The second-order valence-corrected chi connectivity index (χ2v) is 4.05. The number of ether oxygens (including phenoxy) is 1. The largest absolute Gasteiger partial charge is 0.376 e. The Kier molecular flexibility index (Phi) is 27.2. The molecule has 96 valence electrons. The Labute approximate surface area is 115 Å². The van der Waals surface area contributed by atoms with Gasteiger partial charge in [-0.1, -0.05) is 0 Å². The average Bonchev–Trinajstić information content (AvgIpc) is 1.78. The summed E-state index contributed by atoms with van der Waals surface area (Å²) in [6, 6.07) is 0. The molecule has 0 radical (unpaired) electrons. The Morgan fingerprint density at radius 2 is 0.875 bits per heavy atom. The van der Waals surface area contributed by atoms with Gasteiger partial charge in [0.1, 0.15) is 11.6 Å². The normalized spacial score (nSPS) is 8.12. The third kappa shape index (κ3) is 147. The Hall–Kier alpha value is 0.0143. The number of carbonyl (C=O) groups is 2. The van der Waals surface area contributed by atoms with Crippen molar-refractivity contribution in [1.82, 2.24) is 0 Å². The first kappa shape index (κ1) is 25.0. The van der Waals surface area contributed by atoms with Gasteiger partial charge < -0.3 is 14.3 Å². The monoisotopic (exact) mass is 266 g/mol. The molecule has 0 aliphatic heterocycles. The first-order valence-electron chi connectivity index (χ1n) is 5.19. The number of Topliss-reactive ketones (excluding diaryl/α,β-unsaturated/α-hetero) is 2. The van der Waals surface area contributed by atoms with Crippen LogP contribution in [0.2, 0.25) is 0 Å². The van der Waals surface area contributed by atoms with Gasteiger partial charge in [0.05, 0.1) is 12.2 Å². The Morgan fingerprint density at radius 1 is 0.750 bits per heavy atom. The summed E-state index contributed by atoms with van der Waals surface area (Å²) in [5, 5.41) is 0. The Morgan fingerprint density at radius 3 is 0.875 bits per heavy atom. The number of rotatable bonds is 2. The van der Waals surface area contributed by atoms with Gasteiger partial charge in [-0.05, 0) is 55.4 Å². The second kappa shape index (κ2) is 17.4. The molecule has 0 unspecified atom stereocenters. The molecule has 0 aliphatic rings. The third-order valence-electron chi connectivity index (χ3n) is 0.544. The van der Waals surface area contributed by atoms with Gasteiger partial charge in [0.25, 0.3) is 0 Å². The molecule has 0 aliphatic carbocycles. The molecular formula is C12H26O3Ti. The number of carbonyl (C=O) groups excluding carboxylic acids is 2. The summed E-state index contributed by atoms with van der Waals surface area (Å²) in [5.74, 6) is 0.333. The maximum absolute atomic E-state index is 9.44. The summed E-state index contributed by atoms with van der Waals surface area (Å²) >= 11 is 0. The van der Waals surface area contributed by atoms with Crippen LogP contribution in [0.15, 0.2) is 0 Å². The summed E-state index contributed by atoms with van der Waals surface area (Å²) in [7, 11) is 0. The molecule has 0 saturated carbocycles. The molecular weight excluding hydrogens is 240 g/mol. The number of hydrogen-bond donors (Lipinski definition) is 0. The smallest absolute Gasteiger partial charge is 0.126 e. The van der Waals surface area contributed by atoms with E-state index in [1.54, 1.807) is 0 Å². The molecule has 0 fully saturated rings. The van der Waals surface area contributed by atoms with Crippen molar-refractivity contribution in [3.63, 3.8) is 0 Å². The van der Waals surface area contributed by atoms with Gasteiger partial charge in [0, 0.05) is 21.7 Å². The third-order valence-corrected chi connectivity index (χ3v) is 0.544. The van der Waals surface area contributed by atoms with Crippen molar-refractivity contribution >= 4 is 11.6 Å². The van der Waals surface area contributed by atoms with Crippen LogP contribution >= 0.6 is 0 Å². The predicted octanol–water partition coefficient (Wildman–Crippen LogP) is 3.01. The van der Waals surface area contributed by atoms with Crippen LogP contribution in [0, 0.1) is 0 Å². The molecule has 0 atom stereocenters. The van der Waals surface area contributed by atoms with Crippen molar-refractivity contribution in [2.45, 2.75) is 67.6 Å². The van der Waals surface area contributed by atoms with E-state index in [1.165, 1.54) is 27.7 Å². The van der Waals surface area contributed by atoms with E-state index in [0.717, 1.165) is 0 Å². The summed E-state index contributed by atoms with van der Waals surface area (Å²) in [4.78, 5) is 18.9. The van der Waals surface area contributed by atoms with Crippen LogP contribution in [0.25, 0.3) is 0 Å². The predicted molar refractivity (Wildman–Crippen MR) is 64.1 cm³/mol. The van der Waals surface area contributed by atoms with Crippen molar-refractivity contribution < 1.29 is 36.0 Å². The number of hydrogen-bond acceptors (Lipinski definition) is 3. The molecule has 0 N–H and O–H groups in total. The van der Waals surface area contributed by atoms with Gasteiger partial charge in [0.2, 0.25) is 0 Å². The molecule has 0 rings (SSSR count). The average molecular weight is 266 g/mol. The van der Waals surface area contributed by atoms with Crippen molar-refractivity contribution in [3.05, 3.63) is 0 Å². The van der Waals surface area contributed by atoms with Crippen LogP contribution in [0.4, 0.5) is 0 Å². The molecule has 0 bridgehead atoms. The maximum atomic E-state index is 9.44. The topological polar surface area (TPSA) is 43.4 Å². The van der Waals surface area contributed by atoms with Gasteiger partial charge in [-0.15, -0.1) is 0 Å². The Bertz CT molecular complexity index is 140. The zero-order valence-electron chi connectivity index (χ0n) is 11.9. The zero-order valence-corrected chi connectivity index (χ0v) is 13.4. The molecule has 0 aromatic heterocycles. The fraction of sp³-hybridized carbons (Fsp3) is 0.833. The molecule has 3 nitrogen and oxygen atoms in total. The summed E-state index contributed by atoms with van der Waals surface area (Å²) < 4.78 is 5.25. The minimum Gasteiger partial charge on any atom is -0.376 e. The zero-order chi connectivity index (χ0) is 13.0. The summed E-state index contributed by atoms with van der Waals surface area (Å²) in [6.45, 7) is 14.3. The van der Waals surface area contributed by atoms with E-state index in [9.17, 15) is 9.59 Å². The molecule has 0 saturated heterocycles. The van der Waals surface area contributed by atoms with Gasteiger partial charge in [-0.3, -0.25) is 0 Å². The van der Waals surface area contributed by atoms with E-state index in [4.69, 9.17) is 4.74 Å². The van der Waals surface area contributed by atoms with Gasteiger partial charge in [0.15, 0.2) is 0 Å². The van der Waals surface area contributed by atoms with Crippen LogP contribution in [0.5, 0.6) is 0 Å². The molecule has 4 heteroatoms. The standard InChI is InChI=1S/C6H14O.2C3H6O.Ti/c1-5(2)7-6(3)4;2*1-3(2)4;/h5-6H,1-4H3;2*1-2H3;. The van der Waals surface area contributed by atoms with E-state index >= 15 is 0 Å². The first-order valence-corrected chi connectivity index (χ1v) is 5.19. The van der Waals surface area contributed by atoms with E-state index in [0.29, 0.717) is 12.2 Å². The molecule has 0 aromatic carbocycles. The molecule has 0 heterocycles. The Balaban J connectivity index is -0.0000000700. The SMILES string of the molecule is CC(C)=O.CC(C)=O.CC(C)OC(C)C.[Ti]. The van der Waals surface area contributed by atoms with Crippen molar-refractivity contribution in [2.75, 3.05) is 0 Å². The van der Waals surface area contributed by atoms with Crippen molar-refractivity contribution in [1.29, 1.82) is 0 Å². The molecule has 0 spiro atoms. The van der Waals surface area contributed by atoms with E-state index in [1.807, 2.05) is 27.7 Å². The summed E-state index contributed by atoms with van der Waals surface area (Å²) in [6.07, 6.45) is 0.750. The van der Waals surface area contributed by atoms with Crippen LogP contribution in [-0.2, 0) is 36.0 Å². The van der Waals surface area contributed by atoms with Crippen molar-refractivity contribution in [3.8, 4) is 0 Å². The minimum atomic E-state index is 0. The van der Waals surface area contributed by atoms with Crippen LogP contribution in [0.1, 0.15) is 55.4 Å². The second-order valence-electron chi connectivity index (χ2n) is 4.05. The molecule has 0 amide bonds. The summed E-state index contributed by atoms with van der Waals surface area (Å²) in [5.41, 5.74) is 0. The van der Waals surface area contributed by atoms with E-state index < -0.39 is 0 Å².